The van der Waals surface area contributed by atoms with Gasteiger partial charge in [0.15, 0.2) is 0 Å². The second-order valence-corrected chi connectivity index (χ2v) is 6.11. The van der Waals surface area contributed by atoms with Gasteiger partial charge in [-0.05, 0) is 25.7 Å². The lowest BCUT2D eigenvalue weighted by molar-refractivity contribution is -0.200. The van der Waals surface area contributed by atoms with E-state index in [9.17, 15) is 4.79 Å². The molecule has 5 heteroatoms. The van der Waals surface area contributed by atoms with Crippen molar-refractivity contribution in [1.29, 1.82) is 0 Å². The Morgan fingerprint density at radius 1 is 0.750 bits per heavy atom. The summed E-state index contributed by atoms with van der Waals surface area (Å²) in [4.78, 5) is 22.4. The van der Waals surface area contributed by atoms with Gasteiger partial charge in [-0.2, -0.15) is 4.79 Å². The van der Waals surface area contributed by atoms with Crippen molar-refractivity contribution in [1.82, 2.24) is 10.1 Å². The van der Waals surface area contributed by atoms with Gasteiger partial charge >= 0.3 is 6.16 Å². The number of hydroxylamine groups is 4. The van der Waals surface area contributed by atoms with Crippen LogP contribution in [0.5, 0.6) is 0 Å². The fourth-order valence-corrected chi connectivity index (χ4v) is 3.29. The molecule has 0 amide bonds. The van der Waals surface area contributed by atoms with E-state index in [1.165, 1.54) is 38.5 Å². The summed E-state index contributed by atoms with van der Waals surface area (Å²) in [7, 11) is 3.66. The third kappa shape index (κ3) is 4.63. The zero-order valence-electron chi connectivity index (χ0n) is 12.8. The Bertz CT molecular complexity index is 271. The standard InChI is InChI=1S/C15H28N2O3/c1-16(13-9-5-3-6-10-13)19-15(18)20-17(2)14-11-7-4-8-12-14/h13-14H,3-12H2,1-2H3. The van der Waals surface area contributed by atoms with Gasteiger partial charge in [0.1, 0.15) is 0 Å². The molecule has 0 saturated heterocycles. The maximum Gasteiger partial charge on any atom is 0.547 e. The average molecular weight is 284 g/mol. The van der Waals surface area contributed by atoms with Crippen LogP contribution in [0.15, 0.2) is 0 Å². The number of carbonyl (C=O) groups excluding carboxylic acids is 1. The number of nitrogens with zero attached hydrogens (tertiary/aromatic N) is 2. The lowest BCUT2D eigenvalue weighted by atomic mass is 9.95. The highest BCUT2D eigenvalue weighted by atomic mass is 16.9. The molecule has 0 bridgehead atoms. The molecule has 0 aromatic carbocycles. The van der Waals surface area contributed by atoms with E-state index in [-0.39, 0.29) is 0 Å². The number of hydrogen-bond donors (Lipinski definition) is 0. The number of rotatable bonds is 4. The lowest BCUT2D eigenvalue weighted by Gasteiger charge is -2.31. The Labute approximate surface area is 122 Å². The van der Waals surface area contributed by atoms with E-state index in [0.29, 0.717) is 12.1 Å². The second-order valence-electron chi connectivity index (χ2n) is 6.11. The molecular formula is C15H28N2O3. The van der Waals surface area contributed by atoms with Crippen molar-refractivity contribution >= 4 is 6.16 Å². The molecule has 2 saturated carbocycles. The molecule has 0 aromatic rings. The third-order valence-corrected chi connectivity index (χ3v) is 4.61. The van der Waals surface area contributed by atoms with E-state index in [4.69, 9.17) is 9.68 Å². The Hall–Kier alpha value is -0.810. The van der Waals surface area contributed by atoms with E-state index in [2.05, 4.69) is 0 Å². The minimum Gasteiger partial charge on any atom is -0.334 e. The fraction of sp³-hybridized carbons (Fsp3) is 0.933. The van der Waals surface area contributed by atoms with E-state index < -0.39 is 6.16 Å². The molecule has 5 nitrogen and oxygen atoms in total. The number of hydrogen-bond acceptors (Lipinski definition) is 5. The largest absolute Gasteiger partial charge is 0.547 e. The van der Waals surface area contributed by atoms with Gasteiger partial charge in [0.25, 0.3) is 0 Å². The Balaban J connectivity index is 1.70. The first-order chi connectivity index (χ1) is 9.66. The molecule has 0 aliphatic heterocycles. The van der Waals surface area contributed by atoms with Crippen molar-refractivity contribution in [2.45, 2.75) is 76.3 Å². The normalized spacial score (nSPS) is 22.2. The molecule has 0 spiro atoms. The molecular weight excluding hydrogens is 256 g/mol. The van der Waals surface area contributed by atoms with Crippen LogP contribution < -0.4 is 0 Å². The van der Waals surface area contributed by atoms with E-state index in [1.807, 2.05) is 14.1 Å². The van der Waals surface area contributed by atoms with Crippen molar-refractivity contribution in [2.75, 3.05) is 14.1 Å². The molecule has 116 valence electrons. The smallest absolute Gasteiger partial charge is 0.334 e. The monoisotopic (exact) mass is 284 g/mol. The first-order valence-corrected chi connectivity index (χ1v) is 8.02. The topological polar surface area (TPSA) is 42.0 Å². The maximum atomic E-state index is 11.8. The van der Waals surface area contributed by atoms with Crippen LogP contribution in [-0.2, 0) is 9.68 Å². The molecule has 20 heavy (non-hydrogen) atoms. The summed E-state index contributed by atoms with van der Waals surface area (Å²) in [5.41, 5.74) is 0. The Kier molecular flexibility index (Phi) is 6.10. The molecule has 0 radical (unpaired) electrons. The first kappa shape index (κ1) is 15.6. The Morgan fingerprint density at radius 3 is 1.45 bits per heavy atom. The van der Waals surface area contributed by atoms with E-state index >= 15 is 0 Å². The van der Waals surface area contributed by atoms with Gasteiger partial charge in [-0.15, -0.1) is 10.1 Å². The van der Waals surface area contributed by atoms with Gasteiger partial charge < -0.3 is 9.68 Å². The van der Waals surface area contributed by atoms with Crippen LogP contribution in [0.2, 0.25) is 0 Å². The summed E-state index contributed by atoms with van der Waals surface area (Å²) in [6.45, 7) is 0. The SMILES string of the molecule is CN(OC(=O)ON(C)C1CCCCC1)C1CCCCC1. The average Bonchev–Trinajstić information content (AvgIpc) is 2.49. The van der Waals surface area contributed by atoms with Gasteiger partial charge in [0, 0.05) is 26.2 Å². The molecule has 2 rings (SSSR count). The minimum absolute atomic E-state index is 0.344. The van der Waals surface area contributed by atoms with Crippen LogP contribution in [0.25, 0.3) is 0 Å². The Morgan fingerprint density at radius 2 is 1.10 bits per heavy atom. The third-order valence-electron chi connectivity index (χ3n) is 4.61. The van der Waals surface area contributed by atoms with Crippen molar-refractivity contribution in [3.63, 3.8) is 0 Å². The van der Waals surface area contributed by atoms with Crippen LogP contribution in [0, 0.1) is 0 Å². The highest BCUT2D eigenvalue weighted by molar-refractivity contribution is 5.59. The van der Waals surface area contributed by atoms with Gasteiger partial charge in [0.05, 0.1) is 0 Å². The van der Waals surface area contributed by atoms with Crippen LogP contribution in [-0.4, -0.2) is 42.5 Å². The maximum absolute atomic E-state index is 11.8. The summed E-state index contributed by atoms with van der Waals surface area (Å²) in [6, 6.07) is 0.688. The highest BCUT2D eigenvalue weighted by Gasteiger charge is 2.25. The molecule has 0 unspecified atom stereocenters. The molecule has 0 aromatic heterocycles. The summed E-state index contributed by atoms with van der Waals surface area (Å²) in [5, 5.41) is 3.35. The van der Waals surface area contributed by atoms with Gasteiger partial charge in [-0.3, -0.25) is 0 Å². The summed E-state index contributed by atoms with van der Waals surface area (Å²) in [5.74, 6) is 0. The van der Waals surface area contributed by atoms with Crippen LogP contribution in [0.4, 0.5) is 4.79 Å². The highest BCUT2D eigenvalue weighted by Crippen LogP contribution is 2.23. The zero-order chi connectivity index (χ0) is 14.4. The van der Waals surface area contributed by atoms with Gasteiger partial charge in [-0.25, -0.2) is 0 Å². The predicted octanol–water partition coefficient (Wildman–Crippen LogP) is 3.50. The van der Waals surface area contributed by atoms with Gasteiger partial charge in [-0.1, -0.05) is 38.5 Å². The molecule has 2 aliphatic rings. The van der Waals surface area contributed by atoms with Crippen LogP contribution in [0.1, 0.15) is 64.2 Å². The quantitative estimate of drug-likeness (QED) is 0.739. The van der Waals surface area contributed by atoms with Crippen molar-refractivity contribution in [2.24, 2.45) is 0 Å². The van der Waals surface area contributed by atoms with Crippen LogP contribution >= 0.6 is 0 Å². The minimum atomic E-state index is -0.605. The van der Waals surface area contributed by atoms with Gasteiger partial charge in [0.2, 0.25) is 0 Å². The summed E-state index contributed by atoms with van der Waals surface area (Å²) < 4.78 is 0. The first-order valence-electron chi connectivity index (χ1n) is 8.02. The lowest BCUT2D eigenvalue weighted by Crippen LogP contribution is -2.39. The van der Waals surface area contributed by atoms with Crippen molar-refractivity contribution < 1.29 is 14.5 Å². The summed E-state index contributed by atoms with van der Waals surface area (Å²) in [6.07, 6.45) is 11.2. The second kappa shape index (κ2) is 7.84. The van der Waals surface area contributed by atoms with E-state index in [0.717, 1.165) is 25.7 Å². The molecule has 0 N–H and O–H groups in total. The zero-order valence-corrected chi connectivity index (χ0v) is 12.8. The molecule has 0 atom stereocenters. The summed E-state index contributed by atoms with van der Waals surface area (Å²) >= 11 is 0. The van der Waals surface area contributed by atoms with Crippen LogP contribution in [0.3, 0.4) is 0 Å². The molecule has 0 heterocycles. The molecule has 2 aliphatic carbocycles. The fourth-order valence-electron chi connectivity index (χ4n) is 3.29. The van der Waals surface area contributed by atoms with E-state index in [1.54, 1.807) is 10.1 Å². The van der Waals surface area contributed by atoms with Crippen molar-refractivity contribution in [3.05, 3.63) is 0 Å². The predicted molar refractivity (Wildman–Crippen MR) is 76.8 cm³/mol. The van der Waals surface area contributed by atoms with Crippen molar-refractivity contribution in [3.8, 4) is 0 Å². The number of carbonyl (C=O) groups is 1. The molecule has 2 fully saturated rings.